The van der Waals surface area contributed by atoms with Crippen LogP contribution in [-0.4, -0.2) is 59.2 Å². The number of sulfonamides is 1. The van der Waals surface area contributed by atoms with E-state index in [1.165, 1.54) is 22.4 Å². The molecule has 0 aliphatic carbocycles. The molecule has 8 nitrogen and oxygen atoms in total. The minimum absolute atomic E-state index is 0.0112. The summed E-state index contributed by atoms with van der Waals surface area (Å²) in [5.74, 6) is 0.528. The van der Waals surface area contributed by atoms with Gasteiger partial charge in [0, 0.05) is 31.3 Å². The Bertz CT molecular complexity index is 929. The lowest BCUT2D eigenvalue weighted by Crippen LogP contribution is -2.43. The first-order chi connectivity index (χ1) is 13.8. The highest BCUT2D eigenvalue weighted by Gasteiger charge is 2.33. The van der Waals surface area contributed by atoms with E-state index < -0.39 is 10.0 Å². The highest BCUT2D eigenvalue weighted by molar-refractivity contribution is 7.99. The van der Waals surface area contributed by atoms with Crippen LogP contribution in [-0.2, 0) is 14.8 Å². The molecule has 2 heterocycles. The van der Waals surface area contributed by atoms with E-state index in [1.807, 2.05) is 32.9 Å². The standard InChI is InChI=1S/C19H27N5O3S2/c1-13-10-14(2)17(15(3)11-13)29(26,27)24-7-4-16(5-8-24)18(25)20-6-9-28-19-21-12-22-23-19/h10-12,16H,4-9H2,1-3H3,(H,20,25)(H,21,22,23). The van der Waals surface area contributed by atoms with Crippen molar-refractivity contribution < 1.29 is 13.2 Å². The molecule has 1 aliphatic rings. The Hall–Kier alpha value is -1.91. The predicted molar refractivity (Wildman–Crippen MR) is 112 cm³/mol. The molecule has 3 rings (SSSR count). The van der Waals surface area contributed by atoms with Crippen LogP contribution in [0.25, 0.3) is 0 Å². The van der Waals surface area contributed by atoms with Gasteiger partial charge in [0.1, 0.15) is 6.33 Å². The number of carbonyl (C=O) groups is 1. The van der Waals surface area contributed by atoms with Gasteiger partial charge in [-0.05, 0) is 44.7 Å². The Morgan fingerprint density at radius 3 is 2.48 bits per heavy atom. The highest BCUT2D eigenvalue weighted by atomic mass is 32.2. The van der Waals surface area contributed by atoms with Crippen molar-refractivity contribution in [2.45, 2.75) is 43.7 Å². The number of aromatic amines is 1. The molecule has 1 amide bonds. The van der Waals surface area contributed by atoms with Crippen LogP contribution in [0.15, 0.2) is 28.5 Å². The zero-order valence-corrected chi connectivity index (χ0v) is 18.6. The van der Waals surface area contributed by atoms with Gasteiger partial charge in [0.2, 0.25) is 15.9 Å². The number of amides is 1. The third-order valence-corrected chi connectivity index (χ3v) is 8.14. The van der Waals surface area contributed by atoms with E-state index in [9.17, 15) is 13.2 Å². The molecule has 2 N–H and O–H groups in total. The fraction of sp³-hybridized carbons (Fsp3) is 0.526. The third kappa shape index (κ3) is 5.18. The molecule has 0 radical (unpaired) electrons. The number of hydrogen-bond acceptors (Lipinski definition) is 6. The smallest absolute Gasteiger partial charge is 0.243 e. The zero-order valence-electron chi connectivity index (χ0n) is 16.9. The van der Waals surface area contributed by atoms with Crippen LogP contribution < -0.4 is 5.32 Å². The van der Waals surface area contributed by atoms with Gasteiger partial charge in [-0.1, -0.05) is 29.5 Å². The van der Waals surface area contributed by atoms with E-state index >= 15 is 0 Å². The van der Waals surface area contributed by atoms with Gasteiger partial charge in [-0.25, -0.2) is 13.4 Å². The first kappa shape index (κ1) is 21.8. The minimum Gasteiger partial charge on any atom is -0.355 e. The fourth-order valence-electron chi connectivity index (χ4n) is 3.79. The molecule has 0 saturated carbocycles. The van der Waals surface area contributed by atoms with E-state index in [-0.39, 0.29) is 11.8 Å². The molecule has 0 unspecified atom stereocenters. The quantitative estimate of drug-likeness (QED) is 0.507. The summed E-state index contributed by atoms with van der Waals surface area (Å²) in [4.78, 5) is 16.8. The number of aryl methyl sites for hydroxylation is 3. The number of H-pyrrole nitrogens is 1. The van der Waals surface area contributed by atoms with Crippen molar-refractivity contribution in [3.8, 4) is 0 Å². The van der Waals surface area contributed by atoms with E-state index in [0.29, 0.717) is 43.1 Å². The monoisotopic (exact) mass is 437 g/mol. The summed E-state index contributed by atoms with van der Waals surface area (Å²) in [6.07, 6.45) is 2.51. The van der Waals surface area contributed by atoms with Gasteiger partial charge in [0.05, 0.1) is 4.90 Å². The molecule has 1 aromatic heterocycles. The van der Waals surface area contributed by atoms with E-state index in [2.05, 4.69) is 20.5 Å². The van der Waals surface area contributed by atoms with Crippen LogP contribution in [0.3, 0.4) is 0 Å². The van der Waals surface area contributed by atoms with Crippen LogP contribution in [0.2, 0.25) is 0 Å². The van der Waals surface area contributed by atoms with Gasteiger partial charge in [-0.3, -0.25) is 9.89 Å². The molecule has 158 valence electrons. The predicted octanol–water partition coefficient (Wildman–Crippen LogP) is 2.04. The molecule has 1 aliphatic heterocycles. The Morgan fingerprint density at radius 1 is 1.24 bits per heavy atom. The van der Waals surface area contributed by atoms with Gasteiger partial charge in [-0.15, -0.1) is 0 Å². The molecule has 1 saturated heterocycles. The first-order valence-electron chi connectivity index (χ1n) is 9.63. The number of carbonyl (C=O) groups excluding carboxylic acids is 1. The molecule has 29 heavy (non-hydrogen) atoms. The average Bonchev–Trinajstić information content (AvgIpc) is 3.17. The van der Waals surface area contributed by atoms with Crippen molar-refractivity contribution in [2.24, 2.45) is 5.92 Å². The van der Waals surface area contributed by atoms with Crippen molar-refractivity contribution in [1.29, 1.82) is 0 Å². The Morgan fingerprint density at radius 2 is 1.90 bits per heavy atom. The number of benzene rings is 1. The maximum atomic E-state index is 13.1. The summed E-state index contributed by atoms with van der Waals surface area (Å²) in [6.45, 7) is 6.89. The molecular weight excluding hydrogens is 410 g/mol. The molecule has 2 aromatic rings. The Labute approximate surface area is 175 Å². The maximum Gasteiger partial charge on any atom is 0.243 e. The van der Waals surface area contributed by atoms with Crippen LogP contribution in [0, 0.1) is 26.7 Å². The molecule has 10 heteroatoms. The summed E-state index contributed by atoms with van der Waals surface area (Å²) < 4.78 is 27.8. The molecule has 1 fully saturated rings. The molecule has 0 bridgehead atoms. The Balaban J connectivity index is 1.52. The number of aromatic nitrogens is 3. The molecule has 1 aromatic carbocycles. The second-order valence-corrected chi connectivity index (χ2v) is 10.3. The van der Waals surface area contributed by atoms with Crippen LogP contribution in [0.4, 0.5) is 0 Å². The van der Waals surface area contributed by atoms with Crippen molar-refractivity contribution in [3.05, 3.63) is 35.2 Å². The van der Waals surface area contributed by atoms with E-state index in [4.69, 9.17) is 0 Å². The first-order valence-corrected chi connectivity index (χ1v) is 12.1. The number of hydrogen-bond donors (Lipinski definition) is 2. The molecule has 0 atom stereocenters. The van der Waals surface area contributed by atoms with Gasteiger partial charge < -0.3 is 5.32 Å². The van der Waals surface area contributed by atoms with Crippen molar-refractivity contribution >= 4 is 27.7 Å². The van der Waals surface area contributed by atoms with E-state index in [0.717, 1.165) is 21.8 Å². The van der Waals surface area contributed by atoms with E-state index in [1.54, 1.807) is 0 Å². The highest BCUT2D eigenvalue weighted by Crippen LogP contribution is 2.28. The number of nitrogens with zero attached hydrogens (tertiary/aromatic N) is 3. The van der Waals surface area contributed by atoms with Gasteiger partial charge in [-0.2, -0.15) is 9.40 Å². The number of rotatable bonds is 7. The normalized spacial score (nSPS) is 16.1. The summed E-state index contributed by atoms with van der Waals surface area (Å²) in [7, 11) is -3.55. The molecular formula is C19H27N5O3S2. The lowest BCUT2D eigenvalue weighted by Gasteiger charge is -2.31. The molecule has 0 spiro atoms. The number of thioether (sulfide) groups is 1. The van der Waals surface area contributed by atoms with Crippen LogP contribution in [0.5, 0.6) is 0 Å². The topological polar surface area (TPSA) is 108 Å². The maximum absolute atomic E-state index is 13.1. The lowest BCUT2D eigenvalue weighted by molar-refractivity contribution is -0.125. The number of nitrogens with one attached hydrogen (secondary N) is 2. The second-order valence-electron chi connectivity index (χ2n) is 7.34. The van der Waals surface area contributed by atoms with Crippen molar-refractivity contribution in [1.82, 2.24) is 24.8 Å². The Kier molecular flexibility index (Phi) is 6.97. The SMILES string of the molecule is Cc1cc(C)c(S(=O)(=O)N2CCC(C(=O)NCCSc3ncn[nH]3)CC2)c(C)c1. The van der Waals surface area contributed by atoms with Crippen molar-refractivity contribution in [3.63, 3.8) is 0 Å². The zero-order chi connectivity index (χ0) is 21.0. The van der Waals surface area contributed by atoms with Gasteiger partial charge in [0.25, 0.3) is 0 Å². The second kappa shape index (κ2) is 9.27. The minimum atomic E-state index is -3.55. The largest absolute Gasteiger partial charge is 0.355 e. The van der Waals surface area contributed by atoms with Crippen LogP contribution in [0.1, 0.15) is 29.5 Å². The average molecular weight is 438 g/mol. The van der Waals surface area contributed by atoms with Crippen LogP contribution >= 0.6 is 11.8 Å². The summed E-state index contributed by atoms with van der Waals surface area (Å²) in [5, 5.41) is 10.2. The summed E-state index contributed by atoms with van der Waals surface area (Å²) >= 11 is 1.49. The summed E-state index contributed by atoms with van der Waals surface area (Å²) in [5.41, 5.74) is 2.59. The summed E-state index contributed by atoms with van der Waals surface area (Å²) in [6, 6.07) is 3.80. The third-order valence-electron chi connectivity index (χ3n) is 5.06. The lowest BCUT2D eigenvalue weighted by atomic mass is 9.97. The van der Waals surface area contributed by atoms with Gasteiger partial charge in [0.15, 0.2) is 5.16 Å². The fourth-order valence-corrected chi connectivity index (χ4v) is 6.31. The van der Waals surface area contributed by atoms with Crippen molar-refractivity contribution in [2.75, 3.05) is 25.4 Å². The number of piperidine rings is 1. The van der Waals surface area contributed by atoms with Gasteiger partial charge >= 0.3 is 0 Å².